The molecule has 104 valence electrons. The molecule has 0 spiro atoms. The maximum Gasteiger partial charge on any atom is -1.00 e. The zero-order valence-electron chi connectivity index (χ0n) is 12.2. The van der Waals surface area contributed by atoms with Crippen LogP contribution in [-0.4, -0.2) is 0 Å². The second-order valence-electron chi connectivity index (χ2n) is 5.01. The third kappa shape index (κ3) is 4.19. The number of hydrogen-bond donors (Lipinski definition) is 0. The largest absolute Gasteiger partial charge is 1.00 e. The van der Waals surface area contributed by atoms with Gasteiger partial charge in [-0.3, -0.25) is 0 Å². The van der Waals surface area contributed by atoms with E-state index >= 15 is 0 Å². The average molecular weight is 464 g/mol. The summed E-state index contributed by atoms with van der Waals surface area (Å²) in [7, 11) is 0. The average Bonchev–Trinajstić information content (AvgIpc) is 2.85. The quantitative estimate of drug-likeness (QED) is 0.475. The van der Waals surface area contributed by atoms with Crippen LogP contribution in [-0.2, 0) is 22.9 Å². The van der Waals surface area contributed by atoms with E-state index in [2.05, 4.69) is 39.8 Å². The maximum absolute atomic E-state index is 2.47. The van der Waals surface area contributed by atoms with Gasteiger partial charge in [-0.05, 0) is 0 Å². The Morgan fingerprint density at radius 1 is 0.842 bits per heavy atom. The van der Waals surface area contributed by atoms with Crippen molar-refractivity contribution >= 4 is 0 Å². The maximum atomic E-state index is 2.47. The Morgan fingerprint density at radius 3 is 1.53 bits per heavy atom. The normalized spacial score (nSPS) is 17.7. The third-order valence-corrected chi connectivity index (χ3v) is 11.0. The van der Waals surface area contributed by atoms with Crippen molar-refractivity contribution in [2.24, 2.45) is 0 Å². The van der Waals surface area contributed by atoms with E-state index in [-0.39, 0.29) is 24.8 Å². The molecule has 2 rings (SSSR count). The van der Waals surface area contributed by atoms with Crippen LogP contribution in [0.4, 0.5) is 0 Å². The smallest absolute Gasteiger partial charge is 1.00 e. The summed E-state index contributed by atoms with van der Waals surface area (Å²) in [6.07, 6.45) is 9.86. The van der Waals surface area contributed by atoms with Crippen molar-refractivity contribution in [1.29, 1.82) is 0 Å². The van der Waals surface area contributed by atoms with Gasteiger partial charge in [0.05, 0.1) is 0 Å². The molecule has 0 nitrogen and oxygen atoms in total. The van der Waals surface area contributed by atoms with Gasteiger partial charge in [-0.25, -0.2) is 0 Å². The van der Waals surface area contributed by atoms with Crippen molar-refractivity contribution in [2.45, 2.75) is 53.4 Å². The molecule has 0 unspecified atom stereocenters. The van der Waals surface area contributed by atoms with Crippen LogP contribution in [0.15, 0.2) is 41.1 Å². The molecule has 0 aromatic heterocycles. The molecular weight excluding hydrogens is 442 g/mol. The van der Waals surface area contributed by atoms with Crippen molar-refractivity contribution in [3.05, 3.63) is 41.1 Å². The van der Waals surface area contributed by atoms with Crippen molar-refractivity contribution in [3.8, 4) is 0 Å². The molecule has 3 heteroatoms. The molecular formula is C16H22Cl2Hf. The number of hydrogen-bond acceptors (Lipinski definition) is 0. The van der Waals surface area contributed by atoms with Crippen molar-refractivity contribution in [1.82, 2.24) is 0 Å². The summed E-state index contributed by atoms with van der Waals surface area (Å²) in [5.41, 5.74) is 6.70. The van der Waals surface area contributed by atoms with Gasteiger partial charge >= 0.3 is 117 Å². The van der Waals surface area contributed by atoms with Crippen molar-refractivity contribution < 1.29 is 47.7 Å². The molecule has 0 atom stereocenters. The second kappa shape index (κ2) is 8.64. The second-order valence-corrected chi connectivity index (χ2v) is 9.50. The van der Waals surface area contributed by atoms with Gasteiger partial charge in [-0.1, -0.05) is 0 Å². The van der Waals surface area contributed by atoms with Crippen LogP contribution in [0.1, 0.15) is 53.4 Å². The molecule has 0 amide bonds. The van der Waals surface area contributed by atoms with E-state index in [0.717, 1.165) is 0 Å². The third-order valence-electron chi connectivity index (χ3n) is 3.82. The fourth-order valence-electron chi connectivity index (χ4n) is 2.65. The number of rotatable bonds is 4. The van der Waals surface area contributed by atoms with E-state index in [4.69, 9.17) is 0 Å². The molecule has 2 aliphatic carbocycles. The van der Waals surface area contributed by atoms with Crippen LogP contribution in [0.3, 0.4) is 0 Å². The summed E-state index contributed by atoms with van der Waals surface area (Å²) in [6.45, 7) is 9.31. The minimum Gasteiger partial charge on any atom is -1.00 e. The molecule has 0 saturated carbocycles. The Hall–Kier alpha value is 0.410. The summed E-state index contributed by atoms with van der Waals surface area (Å²) < 4.78 is 3.64. The standard InChI is InChI=1S/2C8H11.2ClH.Hf/c2*1-3-8-5-4-7(2)6-8;;;/h2*5H,3-4H2,1-2H3;2*1H;/q;;;;+2/p-2. The minimum atomic E-state index is -0.786. The van der Waals surface area contributed by atoms with Crippen molar-refractivity contribution in [3.63, 3.8) is 0 Å². The molecule has 0 aromatic rings. The van der Waals surface area contributed by atoms with Crippen molar-refractivity contribution in [2.75, 3.05) is 0 Å². The Kier molecular flexibility index (Phi) is 8.83. The fourth-order valence-corrected chi connectivity index (χ4v) is 8.97. The SMILES string of the molecule is CCC1=CCC(C)=[C]1[Hf+2][C]1=C(C)CC=C1CC.[Cl-].[Cl-]. The van der Waals surface area contributed by atoms with Gasteiger partial charge in [0.2, 0.25) is 0 Å². The predicted molar refractivity (Wildman–Crippen MR) is 71.4 cm³/mol. The zero-order valence-corrected chi connectivity index (χ0v) is 17.3. The van der Waals surface area contributed by atoms with Gasteiger partial charge in [-0.15, -0.1) is 0 Å². The van der Waals surface area contributed by atoms with E-state index in [0.29, 0.717) is 0 Å². The first-order valence-corrected chi connectivity index (χ1v) is 10.3. The van der Waals surface area contributed by atoms with Gasteiger partial charge in [0.15, 0.2) is 0 Å². The summed E-state index contributed by atoms with van der Waals surface area (Å²) in [6, 6.07) is 0. The molecule has 0 N–H and O–H groups in total. The van der Waals surface area contributed by atoms with Crippen LogP contribution < -0.4 is 24.8 Å². The monoisotopic (exact) mass is 464 g/mol. The Labute approximate surface area is 141 Å². The fraction of sp³-hybridized carbons (Fsp3) is 0.500. The summed E-state index contributed by atoms with van der Waals surface area (Å²) in [5.74, 6) is 0. The first kappa shape index (κ1) is 19.4. The Bertz CT molecular complexity index is 411. The molecule has 2 aliphatic rings. The molecule has 0 saturated heterocycles. The van der Waals surface area contributed by atoms with Crippen LogP contribution in [0.5, 0.6) is 0 Å². The van der Waals surface area contributed by atoms with E-state index in [1.54, 1.807) is 22.3 Å². The molecule has 0 radical (unpaired) electrons. The molecule has 0 aromatic carbocycles. The number of allylic oxidation sites excluding steroid dienone is 8. The zero-order chi connectivity index (χ0) is 12.4. The summed E-state index contributed by atoms with van der Waals surface area (Å²) in [5, 5.41) is 0. The predicted octanol–water partition coefficient (Wildman–Crippen LogP) is -0.895. The first-order valence-electron chi connectivity index (χ1n) is 6.72. The topological polar surface area (TPSA) is 0 Å². The van der Waals surface area contributed by atoms with Gasteiger partial charge in [0, 0.05) is 0 Å². The summed E-state index contributed by atoms with van der Waals surface area (Å²) >= 11 is -0.786. The van der Waals surface area contributed by atoms with E-state index in [1.165, 1.54) is 25.7 Å². The van der Waals surface area contributed by atoms with Gasteiger partial charge in [0.1, 0.15) is 0 Å². The van der Waals surface area contributed by atoms with E-state index in [9.17, 15) is 0 Å². The van der Waals surface area contributed by atoms with E-state index < -0.39 is 22.9 Å². The molecule has 0 fully saturated rings. The number of halogens is 2. The van der Waals surface area contributed by atoms with Crippen LogP contribution in [0.2, 0.25) is 0 Å². The van der Waals surface area contributed by atoms with Crippen LogP contribution in [0, 0.1) is 0 Å². The molecule has 0 aliphatic heterocycles. The van der Waals surface area contributed by atoms with Gasteiger partial charge in [0.25, 0.3) is 0 Å². The van der Waals surface area contributed by atoms with Gasteiger partial charge < -0.3 is 24.8 Å². The molecule has 19 heavy (non-hydrogen) atoms. The van der Waals surface area contributed by atoms with Gasteiger partial charge in [-0.2, -0.15) is 0 Å². The van der Waals surface area contributed by atoms with Crippen LogP contribution in [0.25, 0.3) is 0 Å². The van der Waals surface area contributed by atoms with E-state index in [1.807, 2.05) is 6.66 Å². The Morgan fingerprint density at radius 2 is 1.21 bits per heavy atom. The Balaban J connectivity index is 0.00000162. The van der Waals surface area contributed by atoms with Crippen LogP contribution >= 0.6 is 0 Å². The first-order chi connectivity index (χ1) is 8.17. The minimum absolute atomic E-state index is 0. The summed E-state index contributed by atoms with van der Waals surface area (Å²) in [4.78, 5) is 0. The molecule has 0 bridgehead atoms. The molecule has 0 heterocycles.